The molecule has 7 nitrogen and oxygen atoms in total. The van der Waals surface area contributed by atoms with Gasteiger partial charge >= 0.3 is 0 Å². The Hall–Kier alpha value is -2.84. The van der Waals surface area contributed by atoms with Crippen molar-refractivity contribution in [3.63, 3.8) is 0 Å². The molecule has 204 valence electrons. The van der Waals surface area contributed by atoms with Gasteiger partial charge in [-0.15, -0.1) is 11.3 Å². The Kier molecular flexibility index (Phi) is 5.60. The van der Waals surface area contributed by atoms with Crippen LogP contribution in [0.5, 0.6) is 5.75 Å². The Morgan fingerprint density at radius 3 is 2.67 bits per heavy atom. The number of methoxy groups -OCH3 is 1. The number of piperidine rings is 1. The lowest BCUT2D eigenvalue weighted by molar-refractivity contribution is 0.0703. The summed E-state index contributed by atoms with van der Waals surface area (Å²) < 4.78 is 17.6. The Balaban J connectivity index is 1.24. The number of hydrogen-bond donors (Lipinski definition) is 0. The number of imidazole rings is 1. The fourth-order valence-electron chi connectivity index (χ4n) is 7.48. The summed E-state index contributed by atoms with van der Waals surface area (Å²) in [5.41, 5.74) is 6.50. The van der Waals surface area contributed by atoms with Crippen molar-refractivity contribution in [3.8, 4) is 17.3 Å². The number of likely N-dealkylation sites (tertiary alicyclic amines) is 1. The smallest absolute Gasteiger partial charge is 0.254 e. The zero-order valence-corrected chi connectivity index (χ0v) is 23.6. The molecule has 2 bridgehead atoms. The van der Waals surface area contributed by atoms with E-state index in [1.54, 1.807) is 7.11 Å². The minimum absolute atomic E-state index is 0.119. The molecule has 1 amide bonds. The van der Waals surface area contributed by atoms with Crippen LogP contribution in [-0.4, -0.2) is 57.8 Å². The van der Waals surface area contributed by atoms with Crippen LogP contribution in [0.15, 0.2) is 23.6 Å². The number of benzene rings is 1. The number of ether oxygens (including phenoxy) is 2. The number of rotatable bonds is 6. The number of carbonyl (C=O) groups excluding carboxylic acids is 1. The normalized spacial score (nSPS) is 23.5. The SMILES string of the molecule is COc1cc(C(=O)N2C[C@H]3CC[C@@H]2C3)cc2nc(-c3cc4scc(C5CCOCC5)c4n3CC3CC3)n(C)c12. The molecule has 0 radical (unpaired) electrons. The molecular weight excluding hydrogens is 508 g/mol. The number of aromatic nitrogens is 3. The highest BCUT2D eigenvalue weighted by atomic mass is 32.1. The predicted octanol–water partition coefficient (Wildman–Crippen LogP) is 6.19. The van der Waals surface area contributed by atoms with E-state index in [0.29, 0.717) is 29.2 Å². The van der Waals surface area contributed by atoms with Gasteiger partial charge < -0.3 is 23.5 Å². The van der Waals surface area contributed by atoms with E-state index in [9.17, 15) is 4.79 Å². The second kappa shape index (κ2) is 9.10. The van der Waals surface area contributed by atoms with Crippen molar-refractivity contribution in [1.29, 1.82) is 0 Å². The number of hydrogen-bond acceptors (Lipinski definition) is 5. The molecule has 4 fully saturated rings. The van der Waals surface area contributed by atoms with Crippen LogP contribution >= 0.6 is 11.3 Å². The zero-order chi connectivity index (χ0) is 26.2. The van der Waals surface area contributed by atoms with Crippen molar-refractivity contribution in [2.24, 2.45) is 18.9 Å². The Bertz CT molecular complexity index is 1590. The van der Waals surface area contributed by atoms with Crippen LogP contribution in [0.1, 0.15) is 66.8 Å². The number of aryl methyl sites for hydroxylation is 1. The van der Waals surface area contributed by atoms with E-state index in [-0.39, 0.29) is 5.91 Å². The van der Waals surface area contributed by atoms with Crippen molar-refractivity contribution >= 4 is 38.5 Å². The van der Waals surface area contributed by atoms with Crippen LogP contribution in [-0.2, 0) is 18.3 Å². The van der Waals surface area contributed by atoms with Crippen molar-refractivity contribution in [1.82, 2.24) is 19.0 Å². The highest BCUT2D eigenvalue weighted by Crippen LogP contribution is 2.44. The molecule has 8 rings (SSSR count). The highest BCUT2D eigenvalue weighted by Gasteiger charge is 2.40. The van der Waals surface area contributed by atoms with Crippen molar-refractivity contribution in [2.75, 3.05) is 26.9 Å². The first-order chi connectivity index (χ1) is 19.1. The summed E-state index contributed by atoms with van der Waals surface area (Å²) in [4.78, 5) is 20.9. The third-order valence-corrected chi connectivity index (χ3v) is 10.7. The summed E-state index contributed by atoms with van der Waals surface area (Å²) in [6, 6.07) is 6.64. The third kappa shape index (κ3) is 3.85. The van der Waals surface area contributed by atoms with Gasteiger partial charge in [0.2, 0.25) is 0 Å². The first-order valence-corrected chi connectivity index (χ1v) is 15.5. The van der Waals surface area contributed by atoms with Crippen molar-refractivity contribution in [3.05, 3.63) is 34.7 Å². The van der Waals surface area contributed by atoms with Crippen molar-refractivity contribution < 1.29 is 14.3 Å². The van der Waals surface area contributed by atoms with Gasteiger partial charge in [0.05, 0.1) is 28.5 Å². The summed E-state index contributed by atoms with van der Waals surface area (Å²) in [6.07, 6.45) is 8.34. The topological polar surface area (TPSA) is 61.5 Å². The Morgan fingerprint density at radius 2 is 1.95 bits per heavy atom. The van der Waals surface area contributed by atoms with E-state index in [2.05, 4.69) is 32.5 Å². The summed E-state index contributed by atoms with van der Waals surface area (Å²) >= 11 is 1.86. The van der Waals surface area contributed by atoms with E-state index in [1.165, 1.54) is 40.7 Å². The van der Waals surface area contributed by atoms with Crippen LogP contribution in [0, 0.1) is 11.8 Å². The summed E-state index contributed by atoms with van der Waals surface area (Å²) in [7, 11) is 3.77. The number of fused-ring (bicyclic) bond motifs is 4. The second-order valence-electron chi connectivity index (χ2n) is 12.2. The molecule has 1 aromatic carbocycles. The molecule has 0 N–H and O–H groups in total. The molecular formula is C31H36N4O3S. The fourth-order valence-corrected chi connectivity index (χ4v) is 8.56. The highest BCUT2D eigenvalue weighted by molar-refractivity contribution is 7.17. The monoisotopic (exact) mass is 544 g/mol. The fraction of sp³-hybridized carbons (Fsp3) is 0.548. The van der Waals surface area contributed by atoms with E-state index in [0.717, 1.165) is 74.8 Å². The lowest BCUT2D eigenvalue weighted by Gasteiger charge is -2.27. The van der Waals surface area contributed by atoms with Gasteiger partial charge in [-0.05, 0) is 91.8 Å². The van der Waals surface area contributed by atoms with Crippen LogP contribution in [0.3, 0.4) is 0 Å². The number of thiophene rings is 1. The molecule has 2 saturated heterocycles. The molecule has 2 saturated carbocycles. The maximum absolute atomic E-state index is 13.6. The second-order valence-corrected chi connectivity index (χ2v) is 13.1. The maximum atomic E-state index is 13.6. The average molecular weight is 545 g/mol. The Labute approximate surface area is 232 Å². The van der Waals surface area contributed by atoms with Gasteiger partial charge in [-0.1, -0.05) is 0 Å². The van der Waals surface area contributed by atoms with Gasteiger partial charge in [0, 0.05) is 45.0 Å². The van der Waals surface area contributed by atoms with Crippen LogP contribution in [0.4, 0.5) is 0 Å². The lowest BCUT2D eigenvalue weighted by atomic mass is 9.93. The van der Waals surface area contributed by atoms with Gasteiger partial charge in [0.25, 0.3) is 5.91 Å². The number of nitrogens with zero attached hydrogens (tertiary/aromatic N) is 4. The van der Waals surface area contributed by atoms with E-state index in [1.807, 2.05) is 23.5 Å². The van der Waals surface area contributed by atoms with Crippen molar-refractivity contribution in [2.45, 2.75) is 63.5 Å². The van der Waals surface area contributed by atoms with Gasteiger partial charge in [0.1, 0.15) is 11.3 Å². The average Bonchev–Trinajstić information content (AvgIpc) is 3.36. The standard InChI is InChI=1S/C31H36N4O3S/c1-33-29-24(12-21(13-26(29)37-2)31(36)34-16-19-5-6-22(34)11-19)32-30(33)25-14-27-28(35(25)15-18-3-4-18)23(17-39-27)20-7-9-38-10-8-20/h12-14,17-20,22H,3-11,15-16H2,1-2H3/t19-,22+/m0/s1. The molecule has 4 aromatic rings. The van der Waals surface area contributed by atoms with Gasteiger partial charge in [-0.3, -0.25) is 4.79 Å². The molecule has 3 aromatic heterocycles. The molecule has 5 heterocycles. The first kappa shape index (κ1) is 24.0. The van der Waals surface area contributed by atoms with E-state index in [4.69, 9.17) is 14.5 Å². The summed E-state index contributed by atoms with van der Waals surface area (Å²) in [5.74, 6) is 3.74. The quantitative estimate of drug-likeness (QED) is 0.290. The number of carbonyl (C=O) groups is 1. The molecule has 2 atom stereocenters. The molecule has 0 spiro atoms. The molecule has 8 heteroatoms. The van der Waals surface area contributed by atoms with Crippen LogP contribution in [0.25, 0.3) is 32.8 Å². The summed E-state index contributed by atoms with van der Waals surface area (Å²) in [6.45, 7) is 3.62. The minimum Gasteiger partial charge on any atom is -0.494 e. The van der Waals surface area contributed by atoms with Crippen LogP contribution < -0.4 is 4.74 Å². The van der Waals surface area contributed by atoms with Gasteiger partial charge in [0.15, 0.2) is 5.82 Å². The predicted molar refractivity (Wildman–Crippen MR) is 154 cm³/mol. The molecule has 0 unspecified atom stereocenters. The lowest BCUT2D eigenvalue weighted by Crippen LogP contribution is -2.37. The minimum atomic E-state index is 0.119. The zero-order valence-electron chi connectivity index (χ0n) is 22.8. The summed E-state index contributed by atoms with van der Waals surface area (Å²) in [5, 5.41) is 2.38. The van der Waals surface area contributed by atoms with Gasteiger partial charge in [-0.2, -0.15) is 0 Å². The van der Waals surface area contributed by atoms with E-state index >= 15 is 0 Å². The van der Waals surface area contributed by atoms with Gasteiger partial charge in [-0.25, -0.2) is 4.98 Å². The third-order valence-electron chi connectivity index (χ3n) is 9.75. The first-order valence-electron chi connectivity index (χ1n) is 14.6. The largest absolute Gasteiger partial charge is 0.494 e. The molecule has 4 aliphatic rings. The molecule has 2 aliphatic carbocycles. The molecule has 39 heavy (non-hydrogen) atoms. The maximum Gasteiger partial charge on any atom is 0.254 e. The number of amides is 1. The molecule has 2 aliphatic heterocycles. The van der Waals surface area contributed by atoms with Crippen LogP contribution in [0.2, 0.25) is 0 Å². The Morgan fingerprint density at radius 1 is 1.10 bits per heavy atom. The van der Waals surface area contributed by atoms with E-state index < -0.39 is 0 Å².